The average Bonchev–Trinajstić information content (AvgIpc) is 3.20. The van der Waals surface area contributed by atoms with Crippen molar-refractivity contribution in [3.05, 3.63) is 53.2 Å². The van der Waals surface area contributed by atoms with Crippen LogP contribution < -0.4 is 10.2 Å². The summed E-state index contributed by atoms with van der Waals surface area (Å²) in [5.41, 5.74) is 3.01. The van der Waals surface area contributed by atoms with E-state index in [1.165, 1.54) is 12.8 Å². The summed E-state index contributed by atoms with van der Waals surface area (Å²) in [4.78, 5) is 2.04. The van der Waals surface area contributed by atoms with Gasteiger partial charge in [0.05, 0.1) is 6.26 Å². The molecule has 3 nitrogen and oxygen atoms in total. The second-order valence-electron chi connectivity index (χ2n) is 5.83. The molecule has 0 saturated heterocycles. The predicted octanol–water partition coefficient (Wildman–Crippen LogP) is 3.62. The molecule has 0 unspecified atom stereocenters. The van der Waals surface area contributed by atoms with Crippen LogP contribution in [0.1, 0.15) is 29.7 Å². The number of hydrogen-bond acceptors (Lipinski definition) is 3. The van der Waals surface area contributed by atoms with Crippen LogP contribution in [0.2, 0.25) is 0 Å². The molecule has 0 aliphatic heterocycles. The number of aryl methyl sites for hydroxylation is 1. The monoisotopic (exact) mass is 288 g/mol. The van der Waals surface area contributed by atoms with Gasteiger partial charge in [-0.15, -0.1) is 0 Å². The Kier molecular flexibility index (Phi) is 3.97. The van der Waals surface area contributed by atoms with Crippen LogP contribution in [0.25, 0.3) is 0 Å². The summed E-state index contributed by atoms with van der Waals surface area (Å²) in [6, 6.07) is 7.82. The second kappa shape index (κ2) is 5.90. The topological polar surface area (TPSA) is 28.4 Å². The number of nitrogens with zero attached hydrogens (tertiary/aromatic N) is 1. The van der Waals surface area contributed by atoms with Crippen molar-refractivity contribution in [1.29, 1.82) is 0 Å². The molecule has 0 atom stereocenters. The number of furan rings is 1. The summed E-state index contributed by atoms with van der Waals surface area (Å²) in [5.74, 6) is 0.727. The number of nitrogens with one attached hydrogen (secondary N) is 1. The molecule has 1 aromatic carbocycles. The van der Waals surface area contributed by atoms with Gasteiger partial charge < -0.3 is 14.6 Å². The van der Waals surface area contributed by atoms with Gasteiger partial charge in [-0.05, 0) is 49.6 Å². The quantitative estimate of drug-likeness (QED) is 0.880. The minimum Gasteiger partial charge on any atom is -0.469 e. The van der Waals surface area contributed by atoms with E-state index in [-0.39, 0.29) is 5.82 Å². The lowest BCUT2D eigenvalue weighted by Crippen LogP contribution is -2.19. The summed E-state index contributed by atoms with van der Waals surface area (Å²) >= 11 is 0. The highest BCUT2D eigenvalue weighted by Gasteiger charge is 2.20. The minimum absolute atomic E-state index is 0.184. The zero-order valence-corrected chi connectivity index (χ0v) is 12.5. The Balaban J connectivity index is 1.71. The average molecular weight is 288 g/mol. The van der Waals surface area contributed by atoms with E-state index in [4.69, 9.17) is 4.42 Å². The van der Waals surface area contributed by atoms with Gasteiger partial charge in [-0.3, -0.25) is 0 Å². The summed E-state index contributed by atoms with van der Waals surface area (Å²) < 4.78 is 19.1. The SMILES string of the molecule is Cc1occc1CN(C)c1cc(F)cc(CNC2CC2)c1. The van der Waals surface area contributed by atoms with Gasteiger partial charge in [-0.1, -0.05) is 0 Å². The fourth-order valence-electron chi connectivity index (χ4n) is 2.43. The molecule has 21 heavy (non-hydrogen) atoms. The third-order valence-corrected chi connectivity index (χ3v) is 3.93. The molecule has 1 heterocycles. The second-order valence-corrected chi connectivity index (χ2v) is 5.83. The fourth-order valence-corrected chi connectivity index (χ4v) is 2.43. The van der Waals surface area contributed by atoms with E-state index in [9.17, 15) is 4.39 Å². The number of anilines is 1. The standard InChI is InChI=1S/C17H21FN2O/c1-12-14(5-6-21-12)11-20(2)17-8-13(7-15(18)9-17)10-19-16-3-4-16/h5-9,16,19H,3-4,10-11H2,1-2H3. The third-order valence-electron chi connectivity index (χ3n) is 3.93. The van der Waals surface area contributed by atoms with E-state index >= 15 is 0 Å². The molecule has 1 fully saturated rings. The molecule has 2 aromatic rings. The van der Waals surface area contributed by atoms with Crippen molar-refractivity contribution in [2.24, 2.45) is 0 Å². The molecule has 1 saturated carbocycles. The van der Waals surface area contributed by atoms with Crippen LogP contribution >= 0.6 is 0 Å². The number of hydrogen-bond donors (Lipinski definition) is 1. The van der Waals surface area contributed by atoms with Gasteiger partial charge in [-0.2, -0.15) is 0 Å². The first-order valence-electron chi connectivity index (χ1n) is 7.39. The lowest BCUT2D eigenvalue weighted by molar-refractivity contribution is 0.529. The minimum atomic E-state index is -0.184. The van der Waals surface area contributed by atoms with Gasteiger partial charge in [0.1, 0.15) is 11.6 Å². The zero-order chi connectivity index (χ0) is 14.8. The maximum Gasteiger partial charge on any atom is 0.125 e. The van der Waals surface area contributed by atoms with Crippen molar-refractivity contribution in [2.75, 3.05) is 11.9 Å². The first-order valence-corrected chi connectivity index (χ1v) is 7.39. The van der Waals surface area contributed by atoms with Gasteiger partial charge in [0.2, 0.25) is 0 Å². The molecule has 0 spiro atoms. The van der Waals surface area contributed by atoms with Crippen molar-refractivity contribution in [1.82, 2.24) is 5.32 Å². The summed E-state index contributed by atoms with van der Waals surface area (Å²) in [6.45, 7) is 3.38. The Morgan fingerprint density at radius 1 is 1.33 bits per heavy atom. The molecule has 0 radical (unpaired) electrons. The normalized spacial score (nSPS) is 14.4. The van der Waals surface area contributed by atoms with Gasteiger partial charge in [-0.25, -0.2) is 4.39 Å². The predicted molar refractivity (Wildman–Crippen MR) is 81.8 cm³/mol. The van der Waals surface area contributed by atoms with E-state index in [1.54, 1.807) is 18.4 Å². The van der Waals surface area contributed by atoms with Crippen LogP contribution in [0.5, 0.6) is 0 Å². The molecule has 112 valence electrons. The van der Waals surface area contributed by atoms with Crippen LogP contribution in [0, 0.1) is 12.7 Å². The Morgan fingerprint density at radius 3 is 2.81 bits per heavy atom. The highest BCUT2D eigenvalue weighted by Crippen LogP contribution is 2.23. The van der Waals surface area contributed by atoms with Gasteiger partial charge >= 0.3 is 0 Å². The molecular formula is C17H21FN2O. The van der Waals surface area contributed by atoms with Crippen molar-refractivity contribution >= 4 is 5.69 Å². The summed E-state index contributed by atoms with van der Waals surface area (Å²) in [7, 11) is 1.97. The highest BCUT2D eigenvalue weighted by molar-refractivity contribution is 5.49. The number of halogens is 1. The van der Waals surface area contributed by atoms with Crippen LogP contribution in [-0.4, -0.2) is 13.1 Å². The highest BCUT2D eigenvalue weighted by atomic mass is 19.1. The maximum atomic E-state index is 13.8. The van der Waals surface area contributed by atoms with Crippen LogP contribution in [0.15, 0.2) is 34.9 Å². The van der Waals surface area contributed by atoms with E-state index in [0.29, 0.717) is 12.6 Å². The van der Waals surface area contributed by atoms with Crippen molar-refractivity contribution in [3.8, 4) is 0 Å². The van der Waals surface area contributed by atoms with Crippen LogP contribution in [-0.2, 0) is 13.1 Å². The largest absolute Gasteiger partial charge is 0.469 e. The first-order chi connectivity index (χ1) is 10.1. The fraction of sp³-hybridized carbons (Fsp3) is 0.412. The maximum absolute atomic E-state index is 13.8. The van der Waals surface area contributed by atoms with Crippen molar-refractivity contribution < 1.29 is 8.81 Å². The smallest absolute Gasteiger partial charge is 0.125 e. The van der Waals surface area contributed by atoms with Crippen molar-refractivity contribution in [2.45, 2.75) is 38.9 Å². The first kappa shape index (κ1) is 14.1. The lowest BCUT2D eigenvalue weighted by Gasteiger charge is -2.20. The Morgan fingerprint density at radius 2 is 2.14 bits per heavy atom. The Labute approximate surface area is 124 Å². The van der Waals surface area contributed by atoms with Crippen LogP contribution in [0.3, 0.4) is 0 Å². The summed E-state index contributed by atoms with van der Waals surface area (Å²) in [5, 5.41) is 3.42. The molecule has 0 amide bonds. The van der Waals surface area contributed by atoms with Gasteiger partial charge in [0, 0.05) is 37.4 Å². The molecule has 0 bridgehead atoms. The van der Waals surface area contributed by atoms with E-state index < -0.39 is 0 Å². The molecule has 1 N–H and O–H groups in total. The summed E-state index contributed by atoms with van der Waals surface area (Å²) in [6.07, 6.45) is 4.17. The lowest BCUT2D eigenvalue weighted by atomic mass is 10.1. The number of benzene rings is 1. The molecule has 1 aliphatic rings. The van der Waals surface area contributed by atoms with E-state index in [0.717, 1.165) is 29.1 Å². The molecule has 1 aliphatic carbocycles. The Bertz CT molecular complexity index is 619. The third kappa shape index (κ3) is 3.64. The molecule has 1 aromatic heterocycles. The van der Waals surface area contributed by atoms with Gasteiger partial charge in [0.25, 0.3) is 0 Å². The van der Waals surface area contributed by atoms with Crippen LogP contribution in [0.4, 0.5) is 10.1 Å². The van der Waals surface area contributed by atoms with E-state index in [2.05, 4.69) is 5.32 Å². The van der Waals surface area contributed by atoms with Gasteiger partial charge in [0.15, 0.2) is 0 Å². The van der Waals surface area contributed by atoms with E-state index in [1.807, 2.05) is 31.0 Å². The molecular weight excluding hydrogens is 267 g/mol. The Hall–Kier alpha value is -1.81. The molecule has 4 heteroatoms. The zero-order valence-electron chi connectivity index (χ0n) is 12.5. The molecule has 3 rings (SSSR count). The van der Waals surface area contributed by atoms with Crippen molar-refractivity contribution in [3.63, 3.8) is 0 Å². The number of rotatable bonds is 6.